The van der Waals surface area contributed by atoms with Gasteiger partial charge in [-0.3, -0.25) is 0 Å². The molecule has 13 aromatic rings. The Hall–Kier alpha value is -9.02. The van der Waals surface area contributed by atoms with E-state index >= 15 is 0 Å². The van der Waals surface area contributed by atoms with E-state index in [1.54, 1.807) is 0 Å². The first-order valence-electron chi connectivity index (χ1n) is 27.1. The summed E-state index contributed by atoms with van der Waals surface area (Å²) in [6, 6.07) is 92.6. The first-order valence-corrected chi connectivity index (χ1v) is 27.9. The van der Waals surface area contributed by atoms with Gasteiger partial charge < -0.3 is 9.80 Å². The molecule has 0 N–H and O–H groups in total. The van der Waals surface area contributed by atoms with Crippen LogP contribution in [-0.2, 0) is 6.42 Å². The number of fused-ring (bicyclic) bond motifs is 14. The lowest BCUT2D eigenvalue weighted by atomic mass is 9.79. The van der Waals surface area contributed by atoms with E-state index in [9.17, 15) is 0 Å². The third-order valence-electron chi connectivity index (χ3n) is 16.7. The zero-order chi connectivity index (χ0) is 51.2. The minimum atomic E-state index is -0.421. The smallest absolute Gasteiger partial charge is 0.0657 e. The van der Waals surface area contributed by atoms with E-state index < -0.39 is 5.54 Å². The molecule has 2 aliphatic rings. The van der Waals surface area contributed by atoms with Crippen LogP contribution in [-0.4, -0.2) is 5.54 Å². The molecule has 1 aromatic heterocycles. The quantitative estimate of drug-likeness (QED) is 0.140. The van der Waals surface area contributed by atoms with Crippen molar-refractivity contribution in [3.8, 4) is 33.4 Å². The first-order chi connectivity index (χ1) is 38.0. The minimum Gasteiger partial charge on any atom is -0.331 e. The molecule has 0 saturated carbocycles. The minimum absolute atomic E-state index is 0.421. The molecule has 0 amide bonds. The molecule has 3 heteroatoms. The average molecular weight is 1000 g/mol. The van der Waals surface area contributed by atoms with E-state index in [1.807, 2.05) is 11.3 Å². The van der Waals surface area contributed by atoms with Gasteiger partial charge in [-0.2, -0.15) is 0 Å². The highest BCUT2D eigenvalue weighted by Crippen LogP contribution is 2.49. The maximum Gasteiger partial charge on any atom is 0.0657 e. The van der Waals surface area contributed by atoms with Crippen LogP contribution in [0.15, 0.2) is 249 Å². The van der Waals surface area contributed by atoms with Gasteiger partial charge in [0.1, 0.15) is 0 Å². The van der Waals surface area contributed by atoms with Gasteiger partial charge in [-0.15, -0.1) is 11.3 Å². The van der Waals surface area contributed by atoms with Crippen LogP contribution in [0.4, 0.5) is 28.4 Å². The molecular weight excluding hydrogens is 949 g/mol. The largest absolute Gasteiger partial charge is 0.331 e. The van der Waals surface area contributed by atoms with Crippen molar-refractivity contribution in [1.29, 1.82) is 0 Å². The molecular formula is C74H54N2S. The number of anilines is 5. The summed E-state index contributed by atoms with van der Waals surface area (Å²) in [6.07, 6.45) is 7.02. The van der Waals surface area contributed by atoms with Crippen LogP contribution < -0.4 is 19.6 Å². The van der Waals surface area contributed by atoms with Crippen LogP contribution in [0.1, 0.15) is 37.3 Å². The molecule has 366 valence electrons. The number of rotatable bonds is 8. The first kappa shape index (κ1) is 45.4. The molecule has 0 radical (unpaired) electrons. The van der Waals surface area contributed by atoms with Gasteiger partial charge in [0.2, 0.25) is 0 Å². The zero-order valence-corrected chi connectivity index (χ0v) is 43.9. The summed E-state index contributed by atoms with van der Waals surface area (Å²) in [5.41, 5.74) is 15.7. The number of benzene rings is 12. The van der Waals surface area contributed by atoms with E-state index in [0.717, 1.165) is 29.9 Å². The predicted octanol–water partition coefficient (Wildman–Crippen LogP) is 19.2. The lowest BCUT2D eigenvalue weighted by Gasteiger charge is -2.42. The van der Waals surface area contributed by atoms with Crippen molar-refractivity contribution in [2.24, 2.45) is 0 Å². The number of thiophene rings is 1. The number of hydrogen-bond donors (Lipinski definition) is 0. The second-order valence-electron chi connectivity index (χ2n) is 21.4. The fourth-order valence-corrected chi connectivity index (χ4v) is 14.6. The van der Waals surface area contributed by atoms with Crippen molar-refractivity contribution in [2.75, 3.05) is 9.80 Å². The molecule has 77 heavy (non-hydrogen) atoms. The lowest BCUT2D eigenvalue weighted by Crippen LogP contribution is -2.46. The summed E-state index contributed by atoms with van der Waals surface area (Å²) < 4.78 is 2.64. The molecule has 12 aromatic carbocycles. The van der Waals surface area contributed by atoms with Gasteiger partial charge in [-0.1, -0.05) is 213 Å². The molecule has 2 atom stereocenters. The average Bonchev–Trinajstić information content (AvgIpc) is 3.99. The Kier molecular flexibility index (Phi) is 10.7. The number of para-hydroxylation sites is 2. The molecule has 0 saturated heterocycles. The Balaban J connectivity index is 0.939. The Morgan fingerprint density at radius 1 is 0.442 bits per heavy atom. The van der Waals surface area contributed by atoms with Gasteiger partial charge in [-0.25, -0.2) is 0 Å². The molecule has 0 aliphatic heterocycles. The van der Waals surface area contributed by atoms with Crippen LogP contribution >= 0.6 is 11.3 Å². The highest BCUT2D eigenvalue weighted by atomic mass is 32.1. The Morgan fingerprint density at radius 3 is 1.79 bits per heavy atom. The second kappa shape index (κ2) is 18.1. The van der Waals surface area contributed by atoms with Gasteiger partial charge in [0.15, 0.2) is 0 Å². The lowest BCUT2D eigenvalue weighted by molar-refractivity contribution is 0.618. The van der Waals surface area contributed by atoms with Crippen molar-refractivity contribution in [3.63, 3.8) is 0 Å². The molecule has 0 fully saturated rings. The maximum atomic E-state index is 2.63. The SMILES string of the molecule is CC1Cc2ccccc2-c2cc(N(c3ccc4c(c3)c3ccccc3c3c5c(sc43)=CC(C)(N(c3ccc4ccc6ccccc6c4c3)c3ccccc3-c3ccccc3)CC=5)c3ccccc3-c3ccccc3)ccc21. The van der Waals surface area contributed by atoms with Crippen LogP contribution in [0, 0.1) is 0 Å². The van der Waals surface area contributed by atoms with E-state index in [4.69, 9.17) is 0 Å². The summed E-state index contributed by atoms with van der Waals surface area (Å²) >= 11 is 1.95. The molecule has 2 nitrogen and oxygen atoms in total. The molecule has 1 heterocycles. The Labute approximate surface area is 453 Å². The molecule has 15 rings (SSSR count). The predicted molar refractivity (Wildman–Crippen MR) is 331 cm³/mol. The van der Waals surface area contributed by atoms with Crippen molar-refractivity contribution < 1.29 is 0 Å². The van der Waals surface area contributed by atoms with Crippen LogP contribution in [0.5, 0.6) is 0 Å². The third kappa shape index (κ3) is 7.44. The van der Waals surface area contributed by atoms with E-state index in [0.29, 0.717) is 5.92 Å². The van der Waals surface area contributed by atoms with Crippen LogP contribution in [0.2, 0.25) is 0 Å². The topological polar surface area (TPSA) is 6.48 Å². The van der Waals surface area contributed by atoms with E-state index in [2.05, 4.69) is 285 Å². The third-order valence-corrected chi connectivity index (χ3v) is 17.9. The fourth-order valence-electron chi connectivity index (χ4n) is 13.1. The van der Waals surface area contributed by atoms with Crippen molar-refractivity contribution >= 4 is 105 Å². The van der Waals surface area contributed by atoms with Gasteiger partial charge in [0, 0.05) is 53.9 Å². The second-order valence-corrected chi connectivity index (χ2v) is 22.5. The fraction of sp³-hybridized carbons (Fsp3) is 0.0811. The summed E-state index contributed by atoms with van der Waals surface area (Å²) in [5.74, 6) is 0.435. The van der Waals surface area contributed by atoms with Gasteiger partial charge in [-0.05, 0) is 157 Å². The van der Waals surface area contributed by atoms with Gasteiger partial charge in [0.25, 0.3) is 0 Å². The van der Waals surface area contributed by atoms with Crippen LogP contribution in [0.3, 0.4) is 0 Å². The summed E-state index contributed by atoms with van der Waals surface area (Å²) in [7, 11) is 0. The molecule has 0 spiro atoms. The number of nitrogens with zero attached hydrogens (tertiary/aromatic N) is 2. The summed E-state index contributed by atoms with van der Waals surface area (Å²) in [6.45, 7) is 4.81. The summed E-state index contributed by atoms with van der Waals surface area (Å²) in [5, 5.41) is 12.8. The van der Waals surface area contributed by atoms with Crippen molar-refractivity contribution in [2.45, 2.75) is 38.1 Å². The number of hydrogen-bond acceptors (Lipinski definition) is 3. The van der Waals surface area contributed by atoms with Crippen LogP contribution in [0.25, 0.3) is 98.7 Å². The monoisotopic (exact) mass is 1000 g/mol. The molecule has 0 bridgehead atoms. The zero-order valence-electron chi connectivity index (χ0n) is 43.1. The van der Waals surface area contributed by atoms with E-state index in [-0.39, 0.29) is 0 Å². The molecule has 2 aliphatic carbocycles. The van der Waals surface area contributed by atoms with Gasteiger partial charge in [0.05, 0.1) is 11.2 Å². The van der Waals surface area contributed by atoms with Crippen molar-refractivity contribution in [1.82, 2.24) is 0 Å². The maximum absolute atomic E-state index is 2.63. The van der Waals surface area contributed by atoms with E-state index in [1.165, 1.54) is 119 Å². The van der Waals surface area contributed by atoms with Gasteiger partial charge >= 0.3 is 0 Å². The van der Waals surface area contributed by atoms with Crippen molar-refractivity contribution in [3.05, 3.63) is 270 Å². The normalized spacial score (nSPS) is 15.7. The molecule has 2 unspecified atom stereocenters. The highest BCUT2D eigenvalue weighted by molar-refractivity contribution is 7.18. The summed E-state index contributed by atoms with van der Waals surface area (Å²) in [4.78, 5) is 5.14. The highest BCUT2D eigenvalue weighted by Gasteiger charge is 2.35. The Bertz CT molecular complexity index is 4630. The standard InChI is InChI=1S/C74H54N2S/c1-48-43-53-24-10-12-26-59(53)67-44-54(37-39-57(48)67)75(69-31-17-15-27-60(69)49-19-5-3-6-20-49)55-38-40-64-68(45-55)62-29-13-14-30-63(62)72-65-41-42-74(2,47-71(65)77-73(64)72)76(70-32-18-16-28-61(70)50-21-7-4-8-22-50)56-36-35-52-34-33-51-23-9-11-25-58(51)66(52)46-56/h3-41,44-48H,42-43H2,1-2H3. The Morgan fingerprint density at radius 2 is 1.01 bits per heavy atom.